The standard InChI is InChI=1S/C13H17F2N5O/c1-4-19-9(3)10(7-17-19)8(2)18-12(21)11-5-6-16-20(11)13(14)15/h5-8,13H,4H2,1-3H3,(H,18,21). The number of carbonyl (C=O) groups excluding carboxylic acids is 1. The van der Waals surface area contributed by atoms with Crippen molar-refractivity contribution in [1.29, 1.82) is 0 Å². The van der Waals surface area contributed by atoms with Crippen LogP contribution in [0.3, 0.4) is 0 Å². The maximum atomic E-state index is 12.7. The number of alkyl halides is 2. The molecule has 1 amide bonds. The highest BCUT2D eigenvalue weighted by Gasteiger charge is 2.21. The Morgan fingerprint density at radius 1 is 1.43 bits per heavy atom. The van der Waals surface area contributed by atoms with Crippen LogP contribution in [0.15, 0.2) is 18.5 Å². The van der Waals surface area contributed by atoms with E-state index in [9.17, 15) is 13.6 Å². The van der Waals surface area contributed by atoms with Crippen LogP contribution in [0, 0.1) is 6.92 Å². The van der Waals surface area contributed by atoms with Crippen molar-refractivity contribution >= 4 is 5.91 Å². The number of amides is 1. The number of hydrogen-bond acceptors (Lipinski definition) is 3. The minimum Gasteiger partial charge on any atom is -0.344 e. The molecule has 2 aromatic rings. The van der Waals surface area contributed by atoms with Gasteiger partial charge in [0.1, 0.15) is 5.69 Å². The molecule has 8 heteroatoms. The molecule has 0 fully saturated rings. The maximum absolute atomic E-state index is 12.7. The number of nitrogens with one attached hydrogen (secondary N) is 1. The summed E-state index contributed by atoms with van der Waals surface area (Å²) in [6.07, 6.45) is 2.85. The third-order valence-electron chi connectivity index (χ3n) is 3.34. The molecule has 2 aromatic heterocycles. The van der Waals surface area contributed by atoms with Crippen LogP contribution in [0.4, 0.5) is 8.78 Å². The van der Waals surface area contributed by atoms with Crippen LogP contribution in [0.2, 0.25) is 0 Å². The van der Waals surface area contributed by atoms with E-state index in [4.69, 9.17) is 0 Å². The second kappa shape index (κ2) is 6.02. The van der Waals surface area contributed by atoms with Crippen LogP contribution < -0.4 is 5.32 Å². The summed E-state index contributed by atoms with van der Waals surface area (Å²) in [6.45, 7) is 3.53. The fourth-order valence-corrected chi connectivity index (χ4v) is 2.20. The minimum atomic E-state index is -2.85. The van der Waals surface area contributed by atoms with Gasteiger partial charge in [-0.2, -0.15) is 23.7 Å². The summed E-state index contributed by atoms with van der Waals surface area (Å²) in [7, 11) is 0. The first-order valence-corrected chi connectivity index (χ1v) is 6.60. The van der Waals surface area contributed by atoms with Crippen LogP contribution in [-0.2, 0) is 6.54 Å². The van der Waals surface area contributed by atoms with Crippen molar-refractivity contribution in [2.45, 2.75) is 39.9 Å². The van der Waals surface area contributed by atoms with Crippen LogP contribution in [0.5, 0.6) is 0 Å². The van der Waals surface area contributed by atoms with Gasteiger partial charge in [0.15, 0.2) is 0 Å². The second-order valence-corrected chi connectivity index (χ2v) is 4.63. The first-order valence-electron chi connectivity index (χ1n) is 6.60. The molecule has 2 heterocycles. The predicted octanol–water partition coefficient (Wildman–Crippen LogP) is 2.29. The molecule has 6 nitrogen and oxygen atoms in total. The molecule has 2 rings (SSSR count). The van der Waals surface area contributed by atoms with Gasteiger partial charge in [0.25, 0.3) is 5.91 Å². The van der Waals surface area contributed by atoms with Gasteiger partial charge in [0.2, 0.25) is 0 Å². The molecule has 0 spiro atoms. The fraction of sp³-hybridized carbons (Fsp3) is 0.462. The lowest BCUT2D eigenvalue weighted by Gasteiger charge is -2.14. The summed E-state index contributed by atoms with van der Waals surface area (Å²) in [5.41, 5.74) is 1.62. The van der Waals surface area contributed by atoms with E-state index >= 15 is 0 Å². The zero-order chi connectivity index (χ0) is 15.6. The van der Waals surface area contributed by atoms with E-state index in [0.717, 1.165) is 17.8 Å². The summed E-state index contributed by atoms with van der Waals surface area (Å²) in [4.78, 5) is 12.1. The van der Waals surface area contributed by atoms with E-state index in [0.29, 0.717) is 4.68 Å². The Balaban J connectivity index is 2.15. The highest BCUT2D eigenvalue weighted by Crippen LogP contribution is 2.18. The van der Waals surface area contributed by atoms with Crippen molar-refractivity contribution in [2.24, 2.45) is 0 Å². The Labute approximate surface area is 120 Å². The van der Waals surface area contributed by atoms with Crippen molar-refractivity contribution in [3.63, 3.8) is 0 Å². The third kappa shape index (κ3) is 2.93. The SMILES string of the molecule is CCn1ncc(C(C)NC(=O)c2ccnn2C(F)F)c1C. The molecule has 0 aliphatic heterocycles. The van der Waals surface area contributed by atoms with Gasteiger partial charge in [-0.25, -0.2) is 0 Å². The molecule has 114 valence electrons. The van der Waals surface area contributed by atoms with Gasteiger partial charge >= 0.3 is 6.55 Å². The fourth-order valence-electron chi connectivity index (χ4n) is 2.20. The molecule has 0 saturated heterocycles. The molecule has 1 atom stereocenters. The molecule has 21 heavy (non-hydrogen) atoms. The predicted molar refractivity (Wildman–Crippen MR) is 72.0 cm³/mol. The van der Waals surface area contributed by atoms with Crippen LogP contribution >= 0.6 is 0 Å². The number of carbonyl (C=O) groups is 1. The molecule has 0 aliphatic carbocycles. The molecule has 1 unspecified atom stereocenters. The first kappa shape index (κ1) is 15.1. The van der Waals surface area contributed by atoms with Gasteiger partial charge in [-0.3, -0.25) is 9.48 Å². The van der Waals surface area contributed by atoms with Crippen molar-refractivity contribution in [3.05, 3.63) is 35.4 Å². The number of aromatic nitrogens is 4. The smallest absolute Gasteiger partial charge is 0.333 e. The Morgan fingerprint density at radius 3 is 2.71 bits per heavy atom. The topological polar surface area (TPSA) is 64.7 Å². The lowest BCUT2D eigenvalue weighted by molar-refractivity contribution is 0.0507. The van der Waals surface area contributed by atoms with Crippen LogP contribution in [0.25, 0.3) is 0 Å². The van der Waals surface area contributed by atoms with Crippen molar-refractivity contribution in [1.82, 2.24) is 24.9 Å². The highest BCUT2D eigenvalue weighted by molar-refractivity contribution is 5.92. The Morgan fingerprint density at radius 2 is 2.14 bits per heavy atom. The number of nitrogens with zero attached hydrogens (tertiary/aromatic N) is 4. The maximum Gasteiger partial charge on any atom is 0.333 e. The molecule has 0 saturated carbocycles. The summed E-state index contributed by atoms with van der Waals surface area (Å²) in [5.74, 6) is -0.594. The van der Waals surface area contributed by atoms with Crippen molar-refractivity contribution in [3.8, 4) is 0 Å². The van der Waals surface area contributed by atoms with Gasteiger partial charge in [0, 0.05) is 24.0 Å². The van der Waals surface area contributed by atoms with Crippen molar-refractivity contribution < 1.29 is 13.6 Å². The number of rotatable bonds is 5. The summed E-state index contributed by atoms with van der Waals surface area (Å²) >= 11 is 0. The number of hydrogen-bond donors (Lipinski definition) is 1. The molecule has 0 aromatic carbocycles. The lowest BCUT2D eigenvalue weighted by atomic mass is 10.1. The average molecular weight is 297 g/mol. The monoisotopic (exact) mass is 297 g/mol. The van der Waals surface area contributed by atoms with Crippen LogP contribution in [-0.4, -0.2) is 25.5 Å². The molecule has 0 bridgehead atoms. The summed E-state index contributed by atoms with van der Waals surface area (Å²) in [6, 6.07) is 0.926. The van der Waals surface area contributed by atoms with E-state index in [1.165, 1.54) is 12.3 Å². The van der Waals surface area contributed by atoms with Gasteiger partial charge in [0.05, 0.1) is 12.2 Å². The zero-order valence-electron chi connectivity index (χ0n) is 12.0. The Hall–Kier alpha value is -2.25. The molecule has 0 radical (unpaired) electrons. The molecular weight excluding hydrogens is 280 g/mol. The van der Waals surface area contributed by atoms with Crippen LogP contribution in [0.1, 0.15) is 48.2 Å². The van der Waals surface area contributed by atoms with Gasteiger partial charge in [-0.1, -0.05) is 0 Å². The quantitative estimate of drug-likeness (QED) is 0.921. The number of aryl methyl sites for hydroxylation is 1. The highest BCUT2D eigenvalue weighted by atomic mass is 19.3. The summed E-state index contributed by atoms with van der Waals surface area (Å²) < 4.78 is 27.6. The van der Waals surface area contributed by atoms with Gasteiger partial charge in [-0.15, -0.1) is 0 Å². The zero-order valence-corrected chi connectivity index (χ0v) is 12.0. The normalized spacial score (nSPS) is 12.7. The first-order chi connectivity index (χ1) is 9.95. The molecular formula is C13H17F2N5O. The average Bonchev–Trinajstić information content (AvgIpc) is 3.04. The van der Waals surface area contributed by atoms with E-state index < -0.39 is 12.5 Å². The van der Waals surface area contributed by atoms with E-state index in [1.54, 1.807) is 17.8 Å². The van der Waals surface area contributed by atoms with Crippen molar-refractivity contribution in [2.75, 3.05) is 0 Å². The molecule has 1 N–H and O–H groups in total. The minimum absolute atomic E-state index is 0.169. The molecule has 0 aliphatic rings. The third-order valence-corrected chi connectivity index (χ3v) is 3.34. The van der Waals surface area contributed by atoms with E-state index in [-0.39, 0.29) is 11.7 Å². The lowest BCUT2D eigenvalue weighted by Crippen LogP contribution is -2.29. The Kier molecular flexibility index (Phi) is 4.35. The Bertz CT molecular complexity index is 634. The largest absolute Gasteiger partial charge is 0.344 e. The van der Waals surface area contributed by atoms with E-state index in [1.807, 2.05) is 13.8 Å². The summed E-state index contributed by atoms with van der Waals surface area (Å²) in [5, 5.41) is 10.3. The van der Waals surface area contributed by atoms with E-state index in [2.05, 4.69) is 15.5 Å². The second-order valence-electron chi connectivity index (χ2n) is 4.63. The van der Waals surface area contributed by atoms with Gasteiger partial charge in [-0.05, 0) is 26.8 Å². The number of halogens is 2. The van der Waals surface area contributed by atoms with Gasteiger partial charge < -0.3 is 5.32 Å².